The lowest BCUT2D eigenvalue weighted by molar-refractivity contribution is -0.141. The maximum absolute atomic E-state index is 12.0. The normalized spacial score (nSPS) is 22.3. The third-order valence-corrected chi connectivity index (χ3v) is 2.99. The molecule has 0 bridgehead atoms. The van der Waals surface area contributed by atoms with Gasteiger partial charge in [-0.05, 0) is 19.1 Å². The van der Waals surface area contributed by atoms with Crippen molar-refractivity contribution in [2.45, 2.75) is 25.5 Å². The third kappa shape index (κ3) is 3.00. The number of nitrogens with zero attached hydrogens (tertiary/aromatic N) is 2. The van der Waals surface area contributed by atoms with Crippen LogP contribution in [0.3, 0.4) is 0 Å². The SMILES string of the molecule is Cc1ccc(NC(=O)N2C[C@H](O)C[C@H]2C(=O)O)cn1. The molecule has 0 radical (unpaired) electrons. The van der Waals surface area contributed by atoms with E-state index in [1.54, 1.807) is 12.1 Å². The molecule has 1 aliphatic heterocycles. The number of hydrogen-bond donors (Lipinski definition) is 3. The van der Waals surface area contributed by atoms with Crippen LogP contribution < -0.4 is 5.32 Å². The molecule has 1 saturated heterocycles. The zero-order valence-electron chi connectivity index (χ0n) is 10.4. The van der Waals surface area contributed by atoms with Gasteiger partial charge < -0.3 is 20.4 Å². The van der Waals surface area contributed by atoms with Gasteiger partial charge in [-0.2, -0.15) is 0 Å². The minimum atomic E-state index is -1.12. The summed E-state index contributed by atoms with van der Waals surface area (Å²) in [5.41, 5.74) is 1.30. The van der Waals surface area contributed by atoms with Gasteiger partial charge in [-0.3, -0.25) is 4.98 Å². The van der Waals surface area contributed by atoms with Gasteiger partial charge in [0, 0.05) is 18.7 Å². The standard InChI is InChI=1S/C12H15N3O4/c1-7-2-3-8(5-13-7)14-12(19)15-6-9(16)4-10(15)11(17)18/h2-3,5,9-10,16H,4,6H2,1H3,(H,14,19)(H,17,18)/t9-,10+/m1/s1. The fraction of sp³-hybridized carbons (Fsp3) is 0.417. The smallest absolute Gasteiger partial charge is 0.326 e. The Morgan fingerprint density at radius 3 is 2.79 bits per heavy atom. The molecule has 2 heterocycles. The van der Waals surface area contributed by atoms with Crippen molar-refractivity contribution in [2.75, 3.05) is 11.9 Å². The number of carboxylic acids is 1. The van der Waals surface area contributed by atoms with Crippen molar-refractivity contribution >= 4 is 17.7 Å². The average molecular weight is 265 g/mol. The van der Waals surface area contributed by atoms with Gasteiger partial charge in [0.25, 0.3) is 0 Å². The second-order valence-electron chi connectivity index (χ2n) is 4.51. The molecule has 0 aromatic carbocycles. The highest BCUT2D eigenvalue weighted by atomic mass is 16.4. The lowest BCUT2D eigenvalue weighted by Gasteiger charge is -2.21. The molecule has 1 aromatic rings. The van der Waals surface area contributed by atoms with Gasteiger partial charge in [-0.25, -0.2) is 9.59 Å². The van der Waals surface area contributed by atoms with Crippen molar-refractivity contribution in [2.24, 2.45) is 0 Å². The van der Waals surface area contributed by atoms with E-state index < -0.39 is 24.1 Å². The van der Waals surface area contributed by atoms with Crippen molar-refractivity contribution in [3.05, 3.63) is 24.0 Å². The van der Waals surface area contributed by atoms with Crippen LogP contribution in [0.5, 0.6) is 0 Å². The van der Waals surface area contributed by atoms with E-state index in [1.165, 1.54) is 6.20 Å². The number of aliphatic hydroxyl groups excluding tert-OH is 1. The first-order valence-corrected chi connectivity index (χ1v) is 5.88. The minimum absolute atomic E-state index is 0.0160. The number of β-amino-alcohol motifs (C(OH)–C–C–N with tert-alkyl or cyclic N) is 1. The number of likely N-dealkylation sites (tertiary alicyclic amines) is 1. The fourth-order valence-corrected chi connectivity index (χ4v) is 2.01. The van der Waals surface area contributed by atoms with E-state index >= 15 is 0 Å². The van der Waals surface area contributed by atoms with Crippen molar-refractivity contribution in [3.8, 4) is 0 Å². The number of aliphatic carboxylic acids is 1. The number of aryl methyl sites for hydroxylation is 1. The van der Waals surface area contributed by atoms with Crippen LogP contribution >= 0.6 is 0 Å². The summed E-state index contributed by atoms with van der Waals surface area (Å²) in [5.74, 6) is -1.12. The zero-order chi connectivity index (χ0) is 14.0. The average Bonchev–Trinajstić information content (AvgIpc) is 2.74. The van der Waals surface area contributed by atoms with E-state index in [-0.39, 0.29) is 13.0 Å². The summed E-state index contributed by atoms with van der Waals surface area (Å²) < 4.78 is 0. The number of anilines is 1. The van der Waals surface area contributed by atoms with Crippen molar-refractivity contribution in [3.63, 3.8) is 0 Å². The number of nitrogens with one attached hydrogen (secondary N) is 1. The summed E-state index contributed by atoms with van der Waals surface area (Å²) in [6.45, 7) is 1.84. The molecule has 1 aliphatic rings. The van der Waals surface area contributed by atoms with Crippen molar-refractivity contribution in [1.29, 1.82) is 0 Å². The Labute approximate surface area is 109 Å². The Morgan fingerprint density at radius 1 is 1.47 bits per heavy atom. The molecule has 2 atom stereocenters. The Kier molecular flexibility index (Phi) is 3.66. The number of carboxylic acid groups (broad SMARTS) is 1. The highest BCUT2D eigenvalue weighted by Gasteiger charge is 2.38. The molecule has 7 nitrogen and oxygen atoms in total. The van der Waals surface area contributed by atoms with E-state index in [4.69, 9.17) is 5.11 Å². The molecule has 0 saturated carbocycles. The summed E-state index contributed by atoms with van der Waals surface area (Å²) in [6, 6.07) is 1.88. The van der Waals surface area contributed by atoms with Gasteiger partial charge in [-0.15, -0.1) is 0 Å². The van der Waals surface area contributed by atoms with Crippen LogP contribution in [0.4, 0.5) is 10.5 Å². The van der Waals surface area contributed by atoms with Crippen molar-refractivity contribution in [1.82, 2.24) is 9.88 Å². The highest BCUT2D eigenvalue weighted by Crippen LogP contribution is 2.19. The zero-order valence-corrected chi connectivity index (χ0v) is 10.4. The molecule has 7 heteroatoms. The Bertz CT molecular complexity index is 488. The van der Waals surface area contributed by atoms with E-state index in [1.807, 2.05) is 6.92 Å². The summed E-state index contributed by atoms with van der Waals surface area (Å²) in [7, 11) is 0. The van der Waals surface area contributed by atoms with Crippen LogP contribution in [0, 0.1) is 6.92 Å². The first kappa shape index (κ1) is 13.3. The lowest BCUT2D eigenvalue weighted by atomic mass is 10.2. The summed E-state index contributed by atoms with van der Waals surface area (Å²) in [4.78, 5) is 28.1. The predicted molar refractivity (Wildman–Crippen MR) is 66.7 cm³/mol. The van der Waals surface area contributed by atoms with Crippen molar-refractivity contribution < 1.29 is 19.8 Å². The van der Waals surface area contributed by atoms with Crippen LogP contribution in [0.2, 0.25) is 0 Å². The topological polar surface area (TPSA) is 103 Å². The number of rotatable bonds is 2. The summed E-state index contributed by atoms with van der Waals surface area (Å²) >= 11 is 0. The van der Waals surface area contributed by atoms with Crippen LogP contribution in [0.15, 0.2) is 18.3 Å². The minimum Gasteiger partial charge on any atom is -0.480 e. The van der Waals surface area contributed by atoms with E-state index in [9.17, 15) is 14.7 Å². The van der Waals surface area contributed by atoms with E-state index in [2.05, 4.69) is 10.3 Å². The number of hydrogen-bond acceptors (Lipinski definition) is 4. The van der Waals surface area contributed by atoms with E-state index in [0.29, 0.717) is 5.69 Å². The molecule has 3 N–H and O–H groups in total. The van der Waals surface area contributed by atoms with Gasteiger partial charge in [0.2, 0.25) is 0 Å². The van der Waals surface area contributed by atoms with Gasteiger partial charge in [-0.1, -0.05) is 0 Å². The molecule has 0 aliphatic carbocycles. The maximum atomic E-state index is 12.0. The molecule has 19 heavy (non-hydrogen) atoms. The molecular weight excluding hydrogens is 250 g/mol. The maximum Gasteiger partial charge on any atom is 0.326 e. The first-order chi connectivity index (χ1) is 8.97. The summed E-state index contributed by atoms with van der Waals surface area (Å²) in [5, 5.41) is 21.0. The quantitative estimate of drug-likeness (QED) is 0.720. The number of aromatic nitrogens is 1. The van der Waals surface area contributed by atoms with E-state index in [0.717, 1.165) is 10.6 Å². The monoisotopic (exact) mass is 265 g/mol. The molecule has 0 spiro atoms. The summed E-state index contributed by atoms with van der Waals surface area (Å²) in [6.07, 6.45) is 0.743. The Morgan fingerprint density at radius 2 is 2.21 bits per heavy atom. The van der Waals surface area contributed by atoms with Crippen LogP contribution in [-0.4, -0.2) is 50.8 Å². The van der Waals surface area contributed by atoms with Gasteiger partial charge in [0.1, 0.15) is 6.04 Å². The fourth-order valence-electron chi connectivity index (χ4n) is 2.01. The largest absolute Gasteiger partial charge is 0.480 e. The molecule has 2 amide bonds. The molecule has 2 rings (SSSR count). The highest BCUT2D eigenvalue weighted by molar-refractivity contribution is 5.92. The first-order valence-electron chi connectivity index (χ1n) is 5.88. The second kappa shape index (κ2) is 5.23. The number of aliphatic hydroxyl groups is 1. The number of carbonyl (C=O) groups excluding carboxylic acids is 1. The number of amides is 2. The van der Waals surface area contributed by atoms with Gasteiger partial charge in [0.05, 0.1) is 18.0 Å². The third-order valence-electron chi connectivity index (χ3n) is 2.99. The van der Waals surface area contributed by atoms with Crippen LogP contribution in [0.1, 0.15) is 12.1 Å². The predicted octanol–water partition coefficient (Wildman–Crippen LogP) is 0.442. The molecular formula is C12H15N3O4. The Hall–Kier alpha value is -2.15. The number of urea groups is 1. The molecule has 0 unspecified atom stereocenters. The lowest BCUT2D eigenvalue weighted by Crippen LogP contribution is -2.43. The number of carbonyl (C=O) groups is 2. The number of pyridine rings is 1. The second-order valence-corrected chi connectivity index (χ2v) is 4.51. The molecule has 102 valence electrons. The van der Waals surface area contributed by atoms with Gasteiger partial charge in [0.15, 0.2) is 0 Å². The van der Waals surface area contributed by atoms with Gasteiger partial charge >= 0.3 is 12.0 Å². The molecule has 1 aromatic heterocycles. The van der Waals surface area contributed by atoms with Crippen LogP contribution in [-0.2, 0) is 4.79 Å². The van der Waals surface area contributed by atoms with Crippen LogP contribution in [0.25, 0.3) is 0 Å². The molecule has 1 fully saturated rings. The Balaban J connectivity index is 2.06.